The fourth-order valence-electron chi connectivity index (χ4n) is 2.51. The molecule has 0 aliphatic rings. The van der Waals surface area contributed by atoms with E-state index < -0.39 is 0 Å². The van der Waals surface area contributed by atoms with Crippen LogP contribution >= 0.6 is 12.2 Å². The van der Waals surface area contributed by atoms with Gasteiger partial charge in [0.1, 0.15) is 0 Å². The lowest BCUT2D eigenvalue weighted by Crippen LogP contribution is -2.41. The first-order valence-electron chi connectivity index (χ1n) is 8.41. The van der Waals surface area contributed by atoms with Gasteiger partial charge in [-0.3, -0.25) is 30.1 Å². The molecule has 0 aliphatic heterocycles. The minimum atomic E-state index is -0.371. The molecule has 138 valence electrons. The second kappa shape index (κ2) is 8.41. The molecule has 0 aliphatic carbocycles. The number of aromatic nitrogens is 3. The van der Waals surface area contributed by atoms with E-state index in [-0.39, 0.29) is 18.2 Å². The van der Waals surface area contributed by atoms with Crippen molar-refractivity contribution in [3.05, 3.63) is 70.5 Å². The molecule has 0 saturated heterocycles. The first kappa shape index (κ1) is 18.5. The van der Waals surface area contributed by atoms with Gasteiger partial charge >= 0.3 is 0 Å². The van der Waals surface area contributed by atoms with Crippen LogP contribution in [0.2, 0.25) is 0 Å². The molecular weight excluding hydrogens is 362 g/mol. The highest BCUT2D eigenvalue weighted by Gasteiger charge is 2.11. The second-order valence-corrected chi connectivity index (χ2v) is 6.38. The third-order valence-electron chi connectivity index (χ3n) is 3.98. The molecule has 0 atom stereocenters. The van der Waals surface area contributed by atoms with Crippen molar-refractivity contribution in [1.82, 2.24) is 25.6 Å². The average molecular weight is 381 g/mol. The van der Waals surface area contributed by atoms with Crippen LogP contribution in [0.25, 0.3) is 11.4 Å². The zero-order valence-corrected chi connectivity index (χ0v) is 15.5. The maximum Gasteiger partial charge on any atom is 0.269 e. The Morgan fingerprint density at radius 3 is 2.48 bits per heavy atom. The van der Waals surface area contributed by atoms with Crippen LogP contribution in [0.5, 0.6) is 0 Å². The quantitative estimate of drug-likeness (QED) is 0.468. The van der Waals surface area contributed by atoms with Crippen LogP contribution in [0.15, 0.2) is 54.6 Å². The molecule has 2 aromatic carbocycles. The number of benzene rings is 2. The highest BCUT2D eigenvalue weighted by atomic mass is 32.1. The SMILES string of the molecule is Cc1ccc(-c2n[nH]c(=S)n2CCC(=O)NNC(=O)c2ccccc2)cc1. The van der Waals surface area contributed by atoms with Crippen LogP contribution in [0.3, 0.4) is 0 Å². The van der Waals surface area contributed by atoms with E-state index in [1.54, 1.807) is 28.8 Å². The summed E-state index contributed by atoms with van der Waals surface area (Å²) < 4.78 is 2.20. The smallest absolute Gasteiger partial charge is 0.269 e. The largest absolute Gasteiger partial charge is 0.300 e. The number of hydrazine groups is 1. The molecule has 0 unspecified atom stereocenters. The predicted molar refractivity (Wildman–Crippen MR) is 104 cm³/mol. The number of amides is 2. The number of carbonyl (C=O) groups is 2. The van der Waals surface area contributed by atoms with Crippen molar-refractivity contribution >= 4 is 24.0 Å². The number of aromatic amines is 1. The van der Waals surface area contributed by atoms with E-state index in [0.717, 1.165) is 11.1 Å². The molecule has 3 rings (SSSR count). The van der Waals surface area contributed by atoms with Crippen molar-refractivity contribution in [2.24, 2.45) is 0 Å². The Morgan fingerprint density at radius 2 is 1.78 bits per heavy atom. The topological polar surface area (TPSA) is 91.8 Å². The van der Waals surface area contributed by atoms with Gasteiger partial charge in [0, 0.05) is 24.1 Å². The van der Waals surface area contributed by atoms with Gasteiger partial charge in [0.25, 0.3) is 5.91 Å². The lowest BCUT2D eigenvalue weighted by atomic mass is 10.1. The number of nitrogens with zero attached hydrogens (tertiary/aromatic N) is 2. The molecule has 3 N–H and O–H groups in total. The van der Waals surface area contributed by atoms with Gasteiger partial charge in [0.15, 0.2) is 10.6 Å². The van der Waals surface area contributed by atoms with Crippen LogP contribution in [0.4, 0.5) is 0 Å². The Bertz CT molecular complexity index is 993. The Kier molecular flexibility index (Phi) is 5.77. The van der Waals surface area contributed by atoms with E-state index in [1.165, 1.54) is 0 Å². The highest BCUT2D eigenvalue weighted by molar-refractivity contribution is 7.71. The number of carbonyl (C=O) groups excluding carboxylic acids is 2. The summed E-state index contributed by atoms with van der Waals surface area (Å²) in [5, 5.41) is 7.01. The first-order valence-corrected chi connectivity index (χ1v) is 8.82. The molecule has 0 fully saturated rings. The third-order valence-corrected chi connectivity index (χ3v) is 4.29. The zero-order chi connectivity index (χ0) is 19.2. The molecule has 3 aromatic rings. The highest BCUT2D eigenvalue weighted by Crippen LogP contribution is 2.18. The maximum absolute atomic E-state index is 12.1. The molecule has 1 heterocycles. The summed E-state index contributed by atoms with van der Waals surface area (Å²) >= 11 is 5.26. The van der Waals surface area contributed by atoms with E-state index in [0.29, 0.717) is 22.7 Å². The Morgan fingerprint density at radius 1 is 1.07 bits per heavy atom. The number of hydrogen-bond acceptors (Lipinski definition) is 4. The van der Waals surface area contributed by atoms with E-state index >= 15 is 0 Å². The molecule has 0 radical (unpaired) electrons. The molecule has 0 saturated carbocycles. The number of hydrogen-bond donors (Lipinski definition) is 3. The zero-order valence-electron chi connectivity index (χ0n) is 14.7. The van der Waals surface area contributed by atoms with Crippen molar-refractivity contribution in [3.8, 4) is 11.4 Å². The number of H-pyrrole nitrogens is 1. The monoisotopic (exact) mass is 381 g/mol. The standard InChI is InChI=1S/C19H19N5O2S/c1-13-7-9-14(10-8-13)17-21-23-19(27)24(17)12-11-16(25)20-22-18(26)15-5-3-2-4-6-15/h2-10H,11-12H2,1H3,(H,20,25)(H,22,26)(H,23,27). The molecule has 7 nitrogen and oxygen atoms in total. The summed E-state index contributed by atoms with van der Waals surface area (Å²) in [6.45, 7) is 2.35. The molecule has 1 aromatic heterocycles. The molecule has 0 spiro atoms. The minimum absolute atomic E-state index is 0.141. The van der Waals surface area contributed by atoms with E-state index in [2.05, 4.69) is 21.0 Å². The van der Waals surface area contributed by atoms with Crippen molar-refractivity contribution < 1.29 is 9.59 Å². The summed E-state index contributed by atoms with van der Waals surface area (Å²) in [7, 11) is 0. The van der Waals surface area contributed by atoms with Gasteiger partial charge in [-0.2, -0.15) is 5.10 Å². The van der Waals surface area contributed by atoms with Crippen molar-refractivity contribution in [2.75, 3.05) is 0 Å². The van der Waals surface area contributed by atoms with Gasteiger partial charge in [-0.15, -0.1) is 0 Å². The molecule has 0 bridgehead atoms. The Hall–Kier alpha value is -3.26. The van der Waals surface area contributed by atoms with Crippen molar-refractivity contribution in [1.29, 1.82) is 0 Å². The molecular formula is C19H19N5O2S. The molecule has 8 heteroatoms. The van der Waals surface area contributed by atoms with Crippen LogP contribution < -0.4 is 10.9 Å². The summed E-state index contributed by atoms with van der Waals surface area (Å²) in [5.74, 6) is -0.0254. The lowest BCUT2D eigenvalue weighted by Gasteiger charge is -2.09. The summed E-state index contributed by atoms with van der Waals surface area (Å²) in [5.41, 5.74) is 7.34. The average Bonchev–Trinajstić information content (AvgIpc) is 3.06. The third kappa shape index (κ3) is 4.68. The van der Waals surface area contributed by atoms with E-state index in [1.807, 2.05) is 37.3 Å². The lowest BCUT2D eigenvalue weighted by molar-refractivity contribution is -0.122. The van der Waals surface area contributed by atoms with Gasteiger partial charge in [-0.1, -0.05) is 48.0 Å². The van der Waals surface area contributed by atoms with Crippen LogP contribution in [-0.2, 0) is 11.3 Å². The van der Waals surface area contributed by atoms with Gasteiger partial charge < -0.3 is 0 Å². The maximum atomic E-state index is 12.1. The molecule has 27 heavy (non-hydrogen) atoms. The van der Waals surface area contributed by atoms with Crippen LogP contribution in [0.1, 0.15) is 22.3 Å². The number of rotatable bonds is 5. The van der Waals surface area contributed by atoms with Gasteiger partial charge in [0.05, 0.1) is 0 Å². The first-order chi connectivity index (χ1) is 13.0. The van der Waals surface area contributed by atoms with Gasteiger partial charge in [0.2, 0.25) is 5.91 Å². The summed E-state index contributed by atoms with van der Waals surface area (Å²) in [6, 6.07) is 16.5. The van der Waals surface area contributed by atoms with Gasteiger partial charge in [-0.05, 0) is 31.3 Å². The normalized spacial score (nSPS) is 10.4. The fraction of sp³-hybridized carbons (Fsp3) is 0.158. The minimum Gasteiger partial charge on any atom is -0.300 e. The Balaban J connectivity index is 1.59. The second-order valence-electron chi connectivity index (χ2n) is 5.99. The van der Waals surface area contributed by atoms with Crippen molar-refractivity contribution in [3.63, 3.8) is 0 Å². The summed E-state index contributed by atoms with van der Waals surface area (Å²) in [6.07, 6.45) is 0.141. The fourth-order valence-corrected chi connectivity index (χ4v) is 2.74. The van der Waals surface area contributed by atoms with Crippen LogP contribution in [0, 0.1) is 11.7 Å². The Labute approximate surface area is 161 Å². The number of aryl methyl sites for hydroxylation is 1. The van der Waals surface area contributed by atoms with E-state index in [4.69, 9.17) is 12.2 Å². The number of nitrogens with one attached hydrogen (secondary N) is 3. The van der Waals surface area contributed by atoms with Crippen molar-refractivity contribution in [2.45, 2.75) is 19.9 Å². The summed E-state index contributed by atoms with van der Waals surface area (Å²) in [4.78, 5) is 24.0. The molecule has 2 amide bonds. The van der Waals surface area contributed by atoms with E-state index in [9.17, 15) is 9.59 Å². The van der Waals surface area contributed by atoms with Gasteiger partial charge in [-0.25, -0.2) is 0 Å². The predicted octanol–water partition coefficient (Wildman–Crippen LogP) is 2.77. The van der Waals surface area contributed by atoms with Crippen LogP contribution in [-0.4, -0.2) is 26.6 Å².